The first kappa shape index (κ1) is 24.0. The Kier molecular flexibility index (Phi) is 6.05. The second-order valence-electron chi connectivity index (χ2n) is 10.3. The number of aromatic nitrogens is 1. The summed E-state index contributed by atoms with van der Waals surface area (Å²) in [5, 5.41) is 21.7. The normalized spacial score (nSPS) is 20.9. The Morgan fingerprint density at radius 3 is 2.47 bits per heavy atom. The average molecular weight is 498 g/mol. The van der Waals surface area contributed by atoms with Crippen LogP contribution >= 0.6 is 11.6 Å². The number of Topliss-reactive ketones (excluding diaryl/α,β-unsaturated/α-hetero) is 1. The van der Waals surface area contributed by atoms with Gasteiger partial charge in [0.2, 0.25) is 0 Å². The number of aryl methyl sites for hydroxylation is 1. The number of ketones is 1. The number of halogens is 1. The number of aliphatic hydroxyl groups is 1. The number of hydrogen-bond acceptors (Lipinski definition) is 4. The van der Waals surface area contributed by atoms with Crippen molar-refractivity contribution in [2.75, 3.05) is 4.90 Å². The van der Waals surface area contributed by atoms with Gasteiger partial charge in [0.15, 0.2) is 5.78 Å². The van der Waals surface area contributed by atoms with Crippen molar-refractivity contribution in [3.63, 3.8) is 0 Å². The van der Waals surface area contributed by atoms with Crippen molar-refractivity contribution in [3.8, 4) is 0 Å². The summed E-state index contributed by atoms with van der Waals surface area (Å²) < 4.78 is 0. The molecule has 0 saturated heterocycles. The van der Waals surface area contributed by atoms with Gasteiger partial charge in [-0.3, -0.25) is 20.1 Å². The second-order valence-corrected chi connectivity index (χ2v) is 10.7. The summed E-state index contributed by atoms with van der Waals surface area (Å²) >= 11 is 6.10. The first-order valence-electron chi connectivity index (χ1n) is 12.0. The van der Waals surface area contributed by atoms with Gasteiger partial charge >= 0.3 is 0 Å². The largest absolute Gasteiger partial charge is 0.507 e. The van der Waals surface area contributed by atoms with Crippen molar-refractivity contribution in [3.05, 3.63) is 112 Å². The summed E-state index contributed by atoms with van der Waals surface area (Å²) in [6, 6.07) is 18.4. The third-order valence-electron chi connectivity index (χ3n) is 6.97. The number of carbonyl (C=O) groups is 1. The lowest BCUT2D eigenvalue weighted by Gasteiger charge is -2.45. The quantitative estimate of drug-likeness (QED) is 0.374. The summed E-state index contributed by atoms with van der Waals surface area (Å²) in [5.41, 5.74) is 4.67. The van der Waals surface area contributed by atoms with E-state index in [1.165, 1.54) is 0 Å². The highest BCUT2D eigenvalue weighted by Crippen LogP contribution is 2.51. The number of aliphatic hydroxyl groups excluding tert-OH is 1. The van der Waals surface area contributed by atoms with Gasteiger partial charge in [0.25, 0.3) is 0 Å². The molecule has 1 aliphatic carbocycles. The third-order valence-corrected chi connectivity index (χ3v) is 7.22. The molecule has 5 nitrogen and oxygen atoms in total. The number of amidine groups is 1. The molecular formula is C30H28ClN3O2. The zero-order chi connectivity index (χ0) is 25.6. The van der Waals surface area contributed by atoms with Gasteiger partial charge in [-0.05, 0) is 66.3 Å². The Bertz CT molecular complexity index is 1420. The molecule has 1 aromatic heterocycles. The lowest BCUT2D eigenvalue weighted by atomic mass is 9.67. The highest BCUT2D eigenvalue weighted by atomic mass is 35.5. The molecule has 6 heteroatoms. The van der Waals surface area contributed by atoms with Gasteiger partial charge in [-0.15, -0.1) is 0 Å². The molecule has 2 aromatic carbocycles. The van der Waals surface area contributed by atoms with Crippen LogP contribution in [0.15, 0.2) is 89.9 Å². The number of rotatable bonds is 3. The summed E-state index contributed by atoms with van der Waals surface area (Å²) in [6.45, 7) is 6.17. The van der Waals surface area contributed by atoms with E-state index in [1.807, 2.05) is 48.2 Å². The van der Waals surface area contributed by atoms with E-state index in [4.69, 9.17) is 11.6 Å². The molecule has 3 aromatic rings. The summed E-state index contributed by atoms with van der Waals surface area (Å²) in [7, 11) is 0. The molecule has 2 heterocycles. The van der Waals surface area contributed by atoms with Crippen LogP contribution in [0.1, 0.15) is 49.3 Å². The second kappa shape index (κ2) is 9.07. The van der Waals surface area contributed by atoms with Crippen molar-refractivity contribution in [1.29, 1.82) is 5.41 Å². The Labute approximate surface area is 216 Å². The van der Waals surface area contributed by atoms with Crippen LogP contribution in [0.4, 0.5) is 5.69 Å². The number of hydrogen-bond donors (Lipinski definition) is 2. The smallest absolute Gasteiger partial charge is 0.162 e. The van der Waals surface area contributed by atoms with Gasteiger partial charge in [-0.1, -0.05) is 49.7 Å². The van der Waals surface area contributed by atoms with Crippen molar-refractivity contribution >= 4 is 34.7 Å². The number of benzene rings is 2. The maximum atomic E-state index is 13.8. The van der Waals surface area contributed by atoms with Crippen LogP contribution in [0.25, 0.3) is 5.76 Å². The maximum absolute atomic E-state index is 13.8. The van der Waals surface area contributed by atoms with Gasteiger partial charge in [0.05, 0.1) is 5.69 Å². The monoisotopic (exact) mass is 497 g/mol. The zero-order valence-corrected chi connectivity index (χ0v) is 21.3. The number of pyridine rings is 1. The molecule has 0 fully saturated rings. The van der Waals surface area contributed by atoms with E-state index in [9.17, 15) is 15.3 Å². The number of para-hydroxylation sites is 1. The van der Waals surface area contributed by atoms with Gasteiger partial charge in [0, 0.05) is 52.2 Å². The molecule has 1 unspecified atom stereocenters. The highest BCUT2D eigenvalue weighted by molar-refractivity contribution is 6.30. The number of anilines is 1. The minimum Gasteiger partial charge on any atom is -0.507 e. The molecule has 0 spiro atoms. The summed E-state index contributed by atoms with van der Waals surface area (Å²) in [6.07, 6.45) is 4.43. The fourth-order valence-electron chi connectivity index (χ4n) is 5.34. The standard InChI is InChI=1S/C30H28ClN3O2/c1-18-7-4-5-9-22(18)34-23-15-30(2,3)16-24(35)26(23)25(20-8-6-14-33-17-20)27(29(34)32)28(36)19-10-12-21(31)13-11-19/h4-14,17,25,32,36H,15-16H2,1-3H3/b28-27+,32-29?. The van der Waals surface area contributed by atoms with E-state index >= 15 is 0 Å². The molecule has 0 radical (unpaired) electrons. The molecule has 0 saturated carbocycles. The minimum absolute atomic E-state index is 0.0302. The lowest BCUT2D eigenvalue weighted by molar-refractivity contribution is -0.118. The summed E-state index contributed by atoms with van der Waals surface area (Å²) in [5.74, 6) is -0.480. The Morgan fingerprint density at radius 2 is 1.81 bits per heavy atom. The average Bonchev–Trinajstić information content (AvgIpc) is 2.84. The molecule has 5 rings (SSSR count). The van der Waals surface area contributed by atoms with Crippen molar-refractivity contribution in [2.24, 2.45) is 5.41 Å². The fraction of sp³-hybridized carbons (Fsp3) is 0.233. The van der Waals surface area contributed by atoms with E-state index in [0.717, 1.165) is 22.5 Å². The lowest BCUT2D eigenvalue weighted by Crippen LogP contribution is -2.45. The number of nitrogens with zero attached hydrogens (tertiary/aromatic N) is 2. The van der Waals surface area contributed by atoms with Gasteiger partial charge in [0.1, 0.15) is 11.6 Å². The van der Waals surface area contributed by atoms with Crippen molar-refractivity contribution < 1.29 is 9.90 Å². The number of carbonyl (C=O) groups excluding carboxylic acids is 1. The van der Waals surface area contributed by atoms with Crippen LogP contribution in [0.3, 0.4) is 0 Å². The van der Waals surface area contributed by atoms with Gasteiger partial charge in [-0.2, -0.15) is 0 Å². The molecule has 1 aliphatic heterocycles. The number of allylic oxidation sites excluding steroid dienone is 2. The molecule has 2 aliphatic rings. The molecule has 182 valence electrons. The topological polar surface area (TPSA) is 77.3 Å². The fourth-order valence-corrected chi connectivity index (χ4v) is 5.46. The van der Waals surface area contributed by atoms with Crippen LogP contribution < -0.4 is 4.90 Å². The molecule has 1 atom stereocenters. The third kappa shape index (κ3) is 4.14. The van der Waals surface area contributed by atoms with Crippen molar-refractivity contribution in [1.82, 2.24) is 4.98 Å². The minimum atomic E-state index is -0.610. The van der Waals surface area contributed by atoms with E-state index in [-0.39, 0.29) is 22.8 Å². The van der Waals surface area contributed by atoms with Crippen LogP contribution in [0.5, 0.6) is 0 Å². The molecule has 36 heavy (non-hydrogen) atoms. The van der Waals surface area contributed by atoms with Crippen molar-refractivity contribution in [2.45, 2.75) is 39.5 Å². The highest BCUT2D eigenvalue weighted by Gasteiger charge is 2.47. The molecule has 2 N–H and O–H groups in total. The van der Waals surface area contributed by atoms with E-state index < -0.39 is 5.92 Å². The molecule has 0 bridgehead atoms. The maximum Gasteiger partial charge on any atom is 0.162 e. The predicted molar refractivity (Wildman–Crippen MR) is 144 cm³/mol. The zero-order valence-electron chi connectivity index (χ0n) is 20.5. The van der Waals surface area contributed by atoms with Crippen LogP contribution in [-0.2, 0) is 4.79 Å². The first-order valence-corrected chi connectivity index (χ1v) is 12.4. The van der Waals surface area contributed by atoms with E-state index in [2.05, 4.69) is 18.8 Å². The van der Waals surface area contributed by atoms with Crippen LogP contribution in [0.2, 0.25) is 5.02 Å². The van der Waals surface area contributed by atoms with Gasteiger partial charge < -0.3 is 5.11 Å². The Morgan fingerprint density at radius 1 is 1.08 bits per heavy atom. The van der Waals surface area contributed by atoms with Gasteiger partial charge in [-0.25, -0.2) is 0 Å². The molecular weight excluding hydrogens is 470 g/mol. The SMILES string of the molecule is Cc1ccccc1N1C(=N)/C(=C(/O)c2ccc(Cl)cc2)C(c2cccnc2)C2=C1CC(C)(C)CC2=O. The van der Waals surface area contributed by atoms with E-state index in [1.54, 1.807) is 36.7 Å². The Balaban J connectivity index is 1.86. The van der Waals surface area contributed by atoms with Crippen LogP contribution in [0, 0.1) is 17.7 Å². The number of nitrogens with one attached hydrogen (secondary N) is 1. The first-order chi connectivity index (χ1) is 17.2. The molecule has 0 amide bonds. The predicted octanol–water partition coefficient (Wildman–Crippen LogP) is 7.24. The van der Waals surface area contributed by atoms with Crippen LogP contribution in [-0.4, -0.2) is 21.7 Å². The van der Waals surface area contributed by atoms with E-state index in [0.29, 0.717) is 34.6 Å². The summed E-state index contributed by atoms with van der Waals surface area (Å²) in [4.78, 5) is 20.0. The Hall–Kier alpha value is -3.70.